The van der Waals surface area contributed by atoms with Crippen molar-refractivity contribution in [1.82, 2.24) is 10.3 Å². The third-order valence-electron chi connectivity index (χ3n) is 3.97. The first kappa shape index (κ1) is 12.9. The Balaban J connectivity index is 1.91. The second kappa shape index (κ2) is 5.10. The Kier molecular flexibility index (Phi) is 3.46. The van der Waals surface area contributed by atoms with E-state index in [0.29, 0.717) is 0 Å². The first-order chi connectivity index (χ1) is 9.19. The molecule has 0 aliphatic carbocycles. The summed E-state index contributed by atoms with van der Waals surface area (Å²) < 4.78 is 12.3. The van der Waals surface area contributed by atoms with Crippen LogP contribution in [-0.4, -0.2) is 29.8 Å². The molecule has 2 aliphatic rings. The highest BCUT2D eigenvalue weighted by Gasteiger charge is 2.43. The van der Waals surface area contributed by atoms with Crippen molar-refractivity contribution in [1.29, 1.82) is 0 Å². The van der Waals surface area contributed by atoms with Crippen molar-refractivity contribution in [2.75, 3.05) is 13.1 Å². The highest BCUT2D eigenvalue weighted by Crippen LogP contribution is 2.44. The normalized spacial score (nSPS) is 25.1. The monoisotopic (exact) mass is 262 g/mol. The fourth-order valence-electron chi connectivity index (χ4n) is 3.07. The number of hydrogen-bond acceptors (Lipinski definition) is 4. The van der Waals surface area contributed by atoms with Gasteiger partial charge >= 0.3 is 0 Å². The minimum absolute atomic E-state index is 0.0911. The number of fused-ring (bicyclic) bond motifs is 1. The van der Waals surface area contributed by atoms with Crippen molar-refractivity contribution in [3.8, 4) is 5.88 Å². The second-order valence-corrected chi connectivity index (χ2v) is 5.81. The fraction of sp³-hybridized carbons (Fsp3) is 0.667. The molecule has 19 heavy (non-hydrogen) atoms. The maximum atomic E-state index is 6.24. The molecule has 0 aromatic carbocycles. The number of hydrogen-bond donors (Lipinski definition) is 1. The first-order valence-electron chi connectivity index (χ1n) is 7.19. The van der Waals surface area contributed by atoms with Crippen LogP contribution in [-0.2, 0) is 4.74 Å². The Morgan fingerprint density at radius 3 is 2.95 bits per heavy atom. The molecule has 3 heterocycles. The van der Waals surface area contributed by atoms with E-state index < -0.39 is 0 Å². The van der Waals surface area contributed by atoms with E-state index in [1.165, 1.54) is 0 Å². The van der Waals surface area contributed by atoms with Gasteiger partial charge < -0.3 is 14.8 Å². The molecule has 1 unspecified atom stereocenters. The maximum Gasteiger partial charge on any atom is 0.219 e. The Morgan fingerprint density at radius 1 is 1.42 bits per heavy atom. The molecule has 1 fully saturated rings. The minimum atomic E-state index is -0.0911. The van der Waals surface area contributed by atoms with Crippen molar-refractivity contribution >= 4 is 0 Å². The Labute approximate surface area is 114 Å². The molecule has 0 radical (unpaired) electrons. The summed E-state index contributed by atoms with van der Waals surface area (Å²) in [5.41, 5.74) is 1.01. The van der Waals surface area contributed by atoms with E-state index >= 15 is 0 Å². The van der Waals surface area contributed by atoms with Gasteiger partial charge in [0.1, 0.15) is 5.60 Å². The molecule has 2 aliphatic heterocycles. The van der Waals surface area contributed by atoms with Gasteiger partial charge in [-0.05, 0) is 51.9 Å². The molecule has 4 nitrogen and oxygen atoms in total. The maximum absolute atomic E-state index is 6.24. The Bertz CT molecular complexity index is 442. The smallest absolute Gasteiger partial charge is 0.219 e. The summed E-state index contributed by atoms with van der Waals surface area (Å²) in [6, 6.07) is 4.03. The van der Waals surface area contributed by atoms with Gasteiger partial charge in [0, 0.05) is 18.2 Å². The Hall–Kier alpha value is -1.13. The average Bonchev–Trinajstić information content (AvgIpc) is 2.39. The van der Waals surface area contributed by atoms with Crippen molar-refractivity contribution in [3.05, 3.63) is 23.9 Å². The minimum Gasteiger partial charge on any atom is -0.471 e. The zero-order valence-electron chi connectivity index (χ0n) is 11.7. The molecule has 1 spiro atoms. The van der Waals surface area contributed by atoms with Crippen molar-refractivity contribution in [2.45, 2.75) is 50.9 Å². The summed E-state index contributed by atoms with van der Waals surface area (Å²) >= 11 is 0. The van der Waals surface area contributed by atoms with Gasteiger partial charge in [0.2, 0.25) is 5.88 Å². The van der Waals surface area contributed by atoms with E-state index in [9.17, 15) is 0 Å². The van der Waals surface area contributed by atoms with Gasteiger partial charge in [0.05, 0.1) is 12.2 Å². The molecule has 1 aromatic heterocycles. The number of nitrogens with one attached hydrogen (secondary N) is 1. The summed E-state index contributed by atoms with van der Waals surface area (Å²) in [6.45, 7) is 6.19. The standard InChI is InChI=1S/C15H22N2O2/c1-11(2)18-13-10-15(5-8-16-9-6-15)19-14-12(13)4-3-7-17-14/h3-4,7,11,13,16H,5-6,8-10H2,1-2H3. The summed E-state index contributed by atoms with van der Waals surface area (Å²) in [5.74, 6) is 0.765. The van der Waals surface area contributed by atoms with E-state index in [4.69, 9.17) is 9.47 Å². The lowest BCUT2D eigenvalue weighted by atomic mass is 9.83. The lowest BCUT2D eigenvalue weighted by Crippen LogP contribution is -2.49. The van der Waals surface area contributed by atoms with Gasteiger partial charge in [-0.3, -0.25) is 0 Å². The van der Waals surface area contributed by atoms with Crippen LogP contribution in [0, 0.1) is 0 Å². The highest BCUT2D eigenvalue weighted by atomic mass is 16.5. The largest absolute Gasteiger partial charge is 0.471 e. The van der Waals surface area contributed by atoms with Crippen molar-refractivity contribution in [2.24, 2.45) is 0 Å². The summed E-state index contributed by atoms with van der Waals surface area (Å²) in [5, 5.41) is 3.39. The van der Waals surface area contributed by atoms with E-state index in [2.05, 4.69) is 30.2 Å². The lowest BCUT2D eigenvalue weighted by molar-refractivity contribution is -0.0816. The molecule has 1 aromatic rings. The van der Waals surface area contributed by atoms with Crippen LogP contribution in [0.2, 0.25) is 0 Å². The van der Waals surface area contributed by atoms with E-state index in [0.717, 1.165) is 43.8 Å². The molecule has 1 atom stereocenters. The van der Waals surface area contributed by atoms with Crippen LogP contribution in [0.4, 0.5) is 0 Å². The number of nitrogens with zero attached hydrogens (tertiary/aromatic N) is 1. The number of pyridine rings is 1. The van der Waals surface area contributed by atoms with Crippen LogP contribution in [0.25, 0.3) is 0 Å². The number of rotatable bonds is 2. The quantitative estimate of drug-likeness (QED) is 0.889. The third kappa shape index (κ3) is 2.60. The Morgan fingerprint density at radius 2 is 2.21 bits per heavy atom. The fourth-order valence-corrected chi connectivity index (χ4v) is 3.07. The molecule has 4 heteroatoms. The van der Waals surface area contributed by atoms with Crippen LogP contribution in [0.1, 0.15) is 44.8 Å². The van der Waals surface area contributed by atoms with Crippen LogP contribution in [0.3, 0.4) is 0 Å². The van der Waals surface area contributed by atoms with Gasteiger partial charge in [0.25, 0.3) is 0 Å². The molecule has 3 rings (SSSR count). The van der Waals surface area contributed by atoms with Crippen LogP contribution >= 0.6 is 0 Å². The van der Waals surface area contributed by atoms with E-state index in [1.54, 1.807) is 6.20 Å². The predicted molar refractivity (Wildman–Crippen MR) is 73.3 cm³/mol. The summed E-state index contributed by atoms with van der Waals surface area (Å²) in [4.78, 5) is 4.40. The molecular weight excluding hydrogens is 240 g/mol. The zero-order chi connectivity index (χ0) is 13.3. The van der Waals surface area contributed by atoms with E-state index in [1.807, 2.05) is 6.07 Å². The van der Waals surface area contributed by atoms with Crippen LogP contribution in [0.15, 0.2) is 18.3 Å². The second-order valence-electron chi connectivity index (χ2n) is 5.81. The molecule has 1 N–H and O–H groups in total. The van der Waals surface area contributed by atoms with Crippen molar-refractivity contribution in [3.63, 3.8) is 0 Å². The van der Waals surface area contributed by atoms with Gasteiger partial charge in [-0.2, -0.15) is 0 Å². The molecule has 0 amide bonds. The molecule has 0 bridgehead atoms. The molecule has 104 valence electrons. The molecule has 0 saturated carbocycles. The van der Waals surface area contributed by atoms with Gasteiger partial charge in [-0.1, -0.05) is 0 Å². The van der Waals surface area contributed by atoms with Crippen LogP contribution in [0.5, 0.6) is 5.88 Å². The van der Waals surface area contributed by atoms with Crippen molar-refractivity contribution < 1.29 is 9.47 Å². The average molecular weight is 262 g/mol. The lowest BCUT2D eigenvalue weighted by Gasteiger charge is -2.44. The zero-order valence-corrected chi connectivity index (χ0v) is 11.7. The van der Waals surface area contributed by atoms with Gasteiger partial charge in [-0.15, -0.1) is 0 Å². The summed E-state index contributed by atoms with van der Waals surface area (Å²) in [6.07, 6.45) is 5.12. The van der Waals surface area contributed by atoms with Crippen LogP contribution < -0.4 is 10.1 Å². The number of ether oxygens (including phenoxy) is 2. The molecular formula is C15H22N2O2. The first-order valence-corrected chi connectivity index (χ1v) is 7.19. The summed E-state index contributed by atoms with van der Waals surface area (Å²) in [7, 11) is 0. The predicted octanol–water partition coefficient (Wildman–Crippen LogP) is 2.45. The van der Waals surface area contributed by atoms with Gasteiger partial charge in [-0.25, -0.2) is 4.98 Å². The third-order valence-corrected chi connectivity index (χ3v) is 3.97. The number of aromatic nitrogens is 1. The van der Waals surface area contributed by atoms with Gasteiger partial charge in [0.15, 0.2) is 0 Å². The SMILES string of the molecule is CC(C)OC1CC2(CCNCC2)Oc2ncccc21. The topological polar surface area (TPSA) is 43.4 Å². The highest BCUT2D eigenvalue weighted by molar-refractivity contribution is 5.32. The number of piperidine rings is 1. The molecule has 1 saturated heterocycles. The van der Waals surface area contributed by atoms with E-state index in [-0.39, 0.29) is 17.8 Å².